The van der Waals surface area contributed by atoms with E-state index in [1.165, 1.54) is 0 Å². The number of fused-ring (bicyclic) bond motifs is 5. The van der Waals surface area contributed by atoms with Crippen LogP contribution in [0, 0.1) is 5.92 Å². The highest BCUT2D eigenvalue weighted by atomic mass is 16.7. The molecule has 1 aromatic heterocycles. The Morgan fingerprint density at radius 1 is 1.04 bits per heavy atom. The van der Waals surface area contributed by atoms with Gasteiger partial charge in [-0.1, -0.05) is 6.07 Å². The third-order valence-corrected chi connectivity index (χ3v) is 5.39. The van der Waals surface area contributed by atoms with Crippen LogP contribution in [0.2, 0.25) is 0 Å². The molecule has 25 heavy (non-hydrogen) atoms. The molecule has 2 bridgehead atoms. The minimum absolute atomic E-state index is 0.0136. The summed E-state index contributed by atoms with van der Waals surface area (Å²) in [6, 6.07) is 10.8. The van der Waals surface area contributed by atoms with Crippen LogP contribution in [0.15, 0.2) is 41.2 Å². The lowest BCUT2D eigenvalue weighted by molar-refractivity contribution is 0.0594. The second-order valence-electron chi connectivity index (χ2n) is 6.98. The van der Waals surface area contributed by atoms with Crippen molar-refractivity contribution in [1.29, 1.82) is 0 Å². The summed E-state index contributed by atoms with van der Waals surface area (Å²) < 4.78 is 12.6. The third-order valence-electron chi connectivity index (χ3n) is 5.39. The molecule has 2 atom stereocenters. The molecule has 3 aliphatic heterocycles. The Bertz CT molecular complexity index is 920. The summed E-state index contributed by atoms with van der Waals surface area (Å²) in [7, 11) is 0. The lowest BCUT2D eigenvalue weighted by atomic mass is 9.83. The van der Waals surface area contributed by atoms with Gasteiger partial charge in [0, 0.05) is 42.9 Å². The highest BCUT2D eigenvalue weighted by molar-refractivity contribution is 5.95. The predicted octanol–water partition coefficient (Wildman–Crippen LogP) is 1.84. The van der Waals surface area contributed by atoms with Crippen molar-refractivity contribution in [3.8, 4) is 11.5 Å². The zero-order valence-electron chi connectivity index (χ0n) is 13.7. The quantitative estimate of drug-likeness (QED) is 0.796. The molecular weight excluding hydrogens is 320 g/mol. The van der Waals surface area contributed by atoms with E-state index in [1.54, 1.807) is 24.3 Å². The molecule has 1 aromatic carbocycles. The van der Waals surface area contributed by atoms with Crippen LogP contribution < -0.4 is 15.0 Å². The molecule has 3 aliphatic rings. The van der Waals surface area contributed by atoms with Gasteiger partial charge in [-0.25, -0.2) is 0 Å². The number of carbonyl (C=O) groups excluding carboxylic acids is 1. The van der Waals surface area contributed by atoms with Gasteiger partial charge in [0.25, 0.3) is 11.5 Å². The van der Waals surface area contributed by atoms with Crippen molar-refractivity contribution in [3.63, 3.8) is 0 Å². The fraction of sp³-hybridized carbons (Fsp3) is 0.368. The van der Waals surface area contributed by atoms with Gasteiger partial charge in [-0.15, -0.1) is 0 Å². The number of hydrogen-bond donors (Lipinski definition) is 0. The third kappa shape index (κ3) is 2.32. The topological polar surface area (TPSA) is 60.8 Å². The van der Waals surface area contributed by atoms with E-state index in [1.807, 2.05) is 21.6 Å². The first-order valence-corrected chi connectivity index (χ1v) is 8.58. The maximum absolute atomic E-state index is 13.0. The number of likely N-dealkylation sites (tertiary alicyclic amines) is 1. The number of benzene rings is 1. The van der Waals surface area contributed by atoms with Crippen molar-refractivity contribution in [2.75, 3.05) is 19.9 Å². The van der Waals surface area contributed by atoms with E-state index in [0.29, 0.717) is 42.6 Å². The molecule has 0 unspecified atom stereocenters. The summed E-state index contributed by atoms with van der Waals surface area (Å²) in [6.45, 7) is 2.22. The number of pyridine rings is 1. The Balaban J connectivity index is 1.43. The Morgan fingerprint density at radius 3 is 2.84 bits per heavy atom. The number of nitrogens with zero attached hydrogens (tertiary/aromatic N) is 2. The van der Waals surface area contributed by atoms with Crippen LogP contribution >= 0.6 is 0 Å². The maximum Gasteiger partial charge on any atom is 0.254 e. The second-order valence-corrected chi connectivity index (χ2v) is 6.98. The summed E-state index contributed by atoms with van der Waals surface area (Å²) >= 11 is 0. The number of ether oxygens (including phenoxy) is 2. The minimum atomic E-state index is 0.0136. The number of rotatable bonds is 1. The van der Waals surface area contributed by atoms with E-state index in [0.717, 1.165) is 12.1 Å². The Hall–Kier alpha value is -2.76. The Labute approximate surface area is 144 Å². The first-order valence-electron chi connectivity index (χ1n) is 8.58. The van der Waals surface area contributed by atoms with Gasteiger partial charge in [0.2, 0.25) is 6.79 Å². The Kier molecular flexibility index (Phi) is 3.13. The SMILES string of the molecule is O=C(c1ccc2c(c1)OCO2)N1C[C@H]2C[C@@H](C1)c1cccc(=O)n1C2. The van der Waals surface area contributed by atoms with Crippen molar-refractivity contribution in [2.24, 2.45) is 5.92 Å². The van der Waals surface area contributed by atoms with E-state index in [4.69, 9.17) is 9.47 Å². The molecule has 5 rings (SSSR count). The average molecular weight is 338 g/mol. The number of amides is 1. The van der Waals surface area contributed by atoms with Crippen LogP contribution in [0.1, 0.15) is 28.4 Å². The highest BCUT2D eigenvalue weighted by Gasteiger charge is 2.36. The molecule has 0 radical (unpaired) electrons. The first kappa shape index (κ1) is 14.6. The normalized spacial score (nSPS) is 23.3. The molecule has 6 nitrogen and oxygen atoms in total. The average Bonchev–Trinajstić information content (AvgIpc) is 3.09. The van der Waals surface area contributed by atoms with Crippen LogP contribution in [-0.4, -0.2) is 35.3 Å². The summed E-state index contributed by atoms with van der Waals surface area (Å²) in [5.41, 5.74) is 1.73. The maximum atomic E-state index is 13.0. The summed E-state index contributed by atoms with van der Waals surface area (Å²) in [4.78, 5) is 27.0. The zero-order valence-corrected chi connectivity index (χ0v) is 13.7. The lowest BCUT2D eigenvalue weighted by Crippen LogP contribution is -2.49. The van der Waals surface area contributed by atoms with Crippen LogP contribution in [0.25, 0.3) is 0 Å². The fourth-order valence-electron chi connectivity index (χ4n) is 4.27. The van der Waals surface area contributed by atoms with E-state index in [-0.39, 0.29) is 24.2 Å². The van der Waals surface area contributed by atoms with Crippen molar-refractivity contribution in [2.45, 2.75) is 18.9 Å². The first-order chi connectivity index (χ1) is 12.2. The molecule has 0 N–H and O–H groups in total. The van der Waals surface area contributed by atoms with Gasteiger partial charge in [0.1, 0.15) is 0 Å². The van der Waals surface area contributed by atoms with Crippen molar-refractivity contribution in [1.82, 2.24) is 9.47 Å². The summed E-state index contributed by atoms with van der Waals surface area (Å²) in [5.74, 6) is 1.86. The van der Waals surface area contributed by atoms with Gasteiger partial charge in [0.05, 0.1) is 0 Å². The van der Waals surface area contributed by atoms with Crippen molar-refractivity contribution in [3.05, 3.63) is 58.0 Å². The molecule has 0 spiro atoms. The molecule has 128 valence electrons. The predicted molar refractivity (Wildman–Crippen MR) is 90.0 cm³/mol. The van der Waals surface area contributed by atoms with E-state index < -0.39 is 0 Å². The highest BCUT2D eigenvalue weighted by Crippen LogP contribution is 2.37. The van der Waals surface area contributed by atoms with Gasteiger partial charge >= 0.3 is 0 Å². The zero-order chi connectivity index (χ0) is 17.0. The minimum Gasteiger partial charge on any atom is -0.454 e. The van der Waals surface area contributed by atoms with Gasteiger partial charge in [-0.3, -0.25) is 9.59 Å². The largest absolute Gasteiger partial charge is 0.454 e. The fourth-order valence-corrected chi connectivity index (χ4v) is 4.27. The molecule has 2 aromatic rings. The standard InChI is InChI=1S/C19H18N2O4/c22-18-3-1-2-15-14-6-12(9-21(15)18)8-20(10-14)19(23)13-4-5-16-17(7-13)25-11-24-16/h1-5,7,12,14H,6,8-11H2/t12-,14+/m1/s1. The number of hydrogen-bond acceptors (Lipinski definition) is 4. The smallest absolute Gasteiger partial charge is 0.254 e. The number of aromatic nitrogens is 1. The molecule has 1 amide bonds. The summed E-state index contributed by atoms with van der Waals surface area (Å²) in [6.07, 6.45) is 1.04. The van der Waals surface area contributed by atoms with Gasteiger partial charge in [-0.2, -0.15) is 0 Å². The van der Waals surface area contributed by atoms with Gasteiger partial charge in [-0.05, 0) is 36.6 Å². The van der Waals surface area contributed by atoms with Crippen molar-refractivity contribution < 1.29 is 14.3 Å². The van der Waals surface area contributed by atoms with E-state index in [9.17, 15) is 9.59 Å². The van der Waals surface area contributed by atoms with Gasteiger partial charge in [0.15, 0.2) is 11.5 Å². The lowest BCUT2D eigenvalue weighted by Gasteiger charge is -2.42. The molecule has 6 heteroatoms. The molecular formula is C19H18N2O4. The molecule has 0 aliphatic carbocycles. The van der Waals surface area contributed by atoms with Crippen LogP contribution in [0.3, 0.4) is 0 Å². The molecule has 0 saturated carbocycles. The summed E-state index contributed by atoms with van der Waals surface area (Å²) in [5, 5.41) is 0. The Morgan fingerprint density at radius 2 is 1.92 bits per heavy atom. The van der Waals surface area contributed by atoms with E-state index >= 15 is 0 Å². The van der Waals surface area contributed by atoms with Gasteiger partial charge < -0.3 is 18.9 Å². The van der Waals surface area contributed by atoms with Crippen molar-refractivity contribution >= 4 is 5.91 Å². The second kappa shape index (κ2) is 5.37. The van der Waals surface area contributed by atoms with Crippen LogP contribution in [-0.2, 0) is 6.54 Å². The number of carbonyl (C=O) groups is 1. The van der Waals surface area contributed by atoms with Crippen LogP contribution in [0.4, 0.5) is 0 Å². The van der Waals surface area contributed by atoms with E-state index in [2.05, 4.69) is 0 Å². The molecule has 4 heterocycles. The monoisotopic (exact) mass is 338 g/mol. The number of piperidine rings is 1. The molecule has 1 saturated heterocycles. The van der Waals surface area contributed by atoms with Crippen LogP contribution in [0.5, 0.6) is 11.5 Å². The molecule has 1 fully saturated rings.